The maximum atomic E-state index is 11.6. The highest BCUT2D eigenvalue weighted by Crippen LogP contribution is 2.22. The summed E-state index contributed by atoms with van der Waals surface area (Å²) in [4.78, 5) is 22.4. The fourth-order valence-corrected chi connectivity index (χ4v) is 1.40. The molecule has 1 atom stereocenters. The van der Waals surface area contributed by atoms with Crippen molar-refractivity contribution < 1.29 is 19.4 Å². The van der Waals surface area contributed by atoms with Crippen LogP contribution in [0.1, 0.15) is 13.3 Å². The fraction of sp³-hybridized carbons (Fsp3) is 0.333. The molecular weight excluding hydrogens is 236 g/mol. The Kier molecular flexibility index (Phi) is 4.98. The molecule has 0 heterocycles. The van der Waals surface area contributed by atoms with Crippen molar-refractivity contribution >= 4 is 17.7 Å². The summed E-state index contributed by atoms with van der Waals surface area (Å²) in [5.74, 6) is -0.552. The van der Waals surface area contributed by atoms with E-state index in [2.05, 4.69) is 10.6 Å². The number of carboxylic acids is 1. The van der Waals surface area contributed by atoms with E-state index in [-0.39, 0.29) is 0 Å². The van der Waals surface area contributed by atoms with E-state index in [0.717, 1.165) is 0 Å². The summed E-state index contributed by atoms with van der Waals surface area (Å²) in [6.07, 6.45) is 0.314. The Morgan fingerprint density at radius 2 is 2.06 bits per heavy atom. The summed E-state index contributed by atoms with van der Waals surface area (Å²) < 4.78 is 5.07. The average molecular weight is 252 g/mol. The molecular formula is C12H16N2O4. The van der Waals surface area contributed by atoms with E-state index in [1.165, 1.54) is 7.11 Å². The van der Waals surface area contributed by atoms with Gasteiger partial charge in [0.2, 0.25) is 0 Å². The molecule has 3 N–H and O–H groups in total. The molecule has 1 aromatic carbocycles. The van der Waals surface area contributed by atoms with Crippen LogP contribution in [-0.4, -0.2) is 30.3 Å². The molecule has 2 amide bonds. The van der Waals surface area contributed by atoms with Crippen molar-refractivity contribution in [2.24, 2.45) is 0 Å². The first-order valence-electron chi connectivity index (χ1n) is 5.51. The van der Waals surface area contributed by atoms with Crippen LogP contribution >= 0.6 is 0 Å². The van der Waals surface area contributed by atoms with Gasteiger partial charge < -0.3 is 20.5 Å². The second-order valence-corrected chi connectivity index (χ2v) is 3.60. The maximum absolute atomic E-state index is 11.6. The molecule has 98 valence electrons. The van der Waals surface area contributed by atoms with Crippen LogP contribution in [-0.2, 0) is 4.79 Å². The van der Waals surface area contributed by atoms with E-state index in [1.807, 2.05) is 0 Å². The first-order chi connectivity index (χ1) is 8.58. The lowest BCUT2D eigenvalue weighted by atomic mass is 10.2. The topological polar surface area (TPSA) is 87.7 Å². The van der Waals surface area contributed by atoms with Crippen LogP contribution in [0.3, 0.4) is 0 Å². The third-order valence-electron chi connectivity index (χ3n) is 2.37. The number of methoxy groups -OCH3 is 1. The molecule has 0 fully saturated rings. The van der Waals surface area contributed by atoms with Crippen molar-refractivity contribution in [1.82, 2.24) is 5.32 Å². The van der Waals surface area contributed by atoms with Crippen molar-refractivity contribution in [1.29, 1.82) is 0 Å². The molecule has 0 bridgehead atoms. The molecule has 0 unspecified atom stereocenters. The number of nitrogens with one attached hydrogen (secondary N) is 2. The number of para-hydroxylation sites is 2. The second-order valence-electron chi connectivity index (χ2n) is 3.60. The zero-order chi connectivity index (χ0) is 13.5. The molecule has 0 aromatic heterocycles. The van der Waals surface area contributed by atoms with Crippen molar-refractivity contribution in [2.75, 3.05) is 12.4 Å². The van der Waals surface area contributed by atoms with E-state index >= 15 is 0 Å². The zero-order valence-electron chi connectivity index (χ0n) is 10.3. The van der Waals surface area contributed by atoms with Crippen LogP contribution < -0.4 is 15.4 Å². The number of rotatable bonds is 5. The molecule has 18 heavy (non-hydrogen) atoms. The quantitative estimate of drug-likeness (QED) is 0.744. The summed E-state index contributed by atoms with van der Waals surface area (Å²) >= 11 is 0. The molecule has 0 spiro atoms. The minimum Gasteiger partial charge on any atom is -0.495 e. The number of aliphatic carboxylic acids is 1. The lowest BCUT2D eigenvalue weighted by Crippen LogP contribution is -2.42. The van der Waals surface area contributed by atoms with Gasteiger partial charge in [0.15, 0.2) is 0 Å². The second kappa shape index (κ2) is 6.48. The number of urea groups is 1. The third-order valence-corrected chi connectivity index (χ3v) is 2.37. The standard InChI is InChI=1S/C12H16N2O4/c1-3-8(11(15)16)13-12(17)14-9-6-4-5-7-10(9)18-2/h4-8H,3H2,1-2H3,(H,15,16)(H2,13,14,17)/t8-/m1/s1. The number of amides is 2. The predicted molar refractivity (Wildman–Crippen MR) is 66.9 cm³/mol. The van der Waals surface area contributed by atoms with Gasteiger partial charge in [-0.1, -0.05) is 19.1 Å². The normalized spacial score (nSPS) is 11.4. The van der Waals surface area contributed by atoms with Gasteiger partial charge in [-0.05, 0) is 18.6 Å². The number of ether oxygens (including phenoxy) is 1. The van der Waals surface area contributed by atoms with Gasteiger partial charge in [0.1, 0.15) is 11.8 Å². The number of benzene rings is 1. The van der Waals surface area contributed by atoms with Crippen molar-refractivity contribution in [3.8, 4) is 5.75 Å². The Bertz CT molecular complexity index is 434. The maximum Gasteiger partial charge on any atom is 0.326 e. The summed E-state index contributed by atoms with van der Waals surface area (Å²) in [5, 5.41) is 13.7. The summed E-state index contributed by atoms with van der Waals surface area (Å²) in [7, 11) is 1.49. The van der Waals surface area contributed by atoms with Gasteiger partial charge in [-0.2, -0.15) is 0 Å². The van der Waals surface area contributed by atoms with Gasteiger partial charge in [-0.25, -0.2) is 9.59 Å². The van der Waals surface area contributed by atoms with E-state index in [4.69, 9.17) is 9.84 Å². The van der Waals surface area contributed by atoms with Gasteiger partial charge in [0.25, 0.3) is 0 Å². The lowest BCUT2D eigenvalue weighted by Gasteiger charge is -2.14. The molecule has 0 saturated carbocycles. The predicted octanol–water partition coefficient (Wildman–Crippen LogP) is 1.68. The van der Waals surface area contributed by atoms with Gasteiger partial charge in [0.05, 0.1) is 12.8 Å². The first kappa shape index (κ1) is 13.8. The zero-order valence-corrected chi connectivity index (χ0v) is 10.3. The molecule has 0 aliphatic carbocycles. The minimum absolute atomic E-state index is 0.314. The molecule has 1 aromatic rings. The third kappa shape index (κ3) is 3.65. The van der Waals surface area contributed by atoms with Gasteiger partial charge in [-0.15, -0.1) is 0 Å². The largest absolute Gasteiger partial charge is 0.495 e. The number of carbonyl (C=O) groups is 2. The van der Waals surface area contributed by atoms with Crippen LogP contribution in [0.4, 0.5) is 10.5 Å². The summed E-state index contributed by atoms with van der Waals surface area (Å²) in [5.41, 5.74) is 0.484. The van der Waals surface area contributed by atoms with Crippen LogP contribution in [0, 0.1) is 0 Å². The highest BCUT2D eigenvalue weighted by Gasteiger charge is 2.17. The Morgan fingerprint density at radius 1 is 1.39 bits per heavy atom. The molecule has 0 aliphatic rings. The van der Waals surface area contributed by atoms with Crippen LogP contribution in [0.15, 0.2) is 24.3 Å². The Labute approximate surface area is 105 Å². The van der Waals surface area contributed by atoms with Crippen LogP contribution in [0.25, 0.3) is 0 Å². The first-order valence-corrected chi connectivity index (χ1v) is 5.51. The van der Waals surface area contributed by atoms with Crippen molar-refractivity contribution in [3.63, 3.8) is 0 Å². The molecule has 0 aliphatic heterocycles. The van der Waals surface area contributed by atoms with Crippen LogP contribution in [0.5, 0.6) is 5.75 Å². The van der Waals surface area contributed by atoms with Crippen molar-refractivity contribution in [2.45, 2.75) is 19.4 Å². The van der Waals surface area contributed by atoms with E-state index in [0.29, 0.717) is 17.9 Å². The lowest BCUT2D eigenvalue weighted by molar-refractivity contribution is -0.139. The highest BCUT2D eigenvalue weighted by atomic mass is 16.5. The molecule has 6 heteroatoms. The van der Waals surface area contributed by atoms with E-state index in [9.17, 15) is 9.59 Å². The molecule has 6 nitrogen and oxygen atoms in total. The Balaban J connectivity index is 2.67. The molecule has 1 rings (SSSR count). The van der Waals surface area contributed by atoms with E-state index in [1.54, 1.807) is 31.2 Å². The summed E-state index contributed by atoms with van der Waals surface area (Å²) in [6.45, 7) is 1.68. The number of carboxylic acid groups (broad SMARTS) is 1. The highest BCUT2D eigenvalue weighted by molar-refractivity contribution is 5.93. The SMILES string of the molecule is CC[C@@H](NC(=O)Nc1ccccc1OC)C(=O)O. The molecule has 0 radical (unpaired) electrons. The van der Waals surface area contributed by atoms with Gasteiger partial charge >= 0.3 is 12.0 Å². The Hall–Kier alpha value is -2.24. The average Bonchev–Trinajstić information content (AvgIpc) is 2.36. The fourth-order valence-electron chi connectivity index (χ4n) is 1.40. The molecule has 0 saturated heterocycles. The monoisotopic (exact) mass is 252 g/mol. The minimum atomic E-state index is -1.06. The van der Waals surface area contributed by atoms with Gasteiger partial charge in [0, 0.05) is 0 Å². The van der Waals surface area contributed by atoms with E-state index < -0.39 is 18.0 Å². The smallest absolute Gasteiger partial charge is 0.326 e. The number of hydrogen-bond donors (Lipinski definition) is 3. The van der Waals surface area contributed by atoms with Crippen LogP contribution in [0.2, 0.25) is 0 Å². The number of anilines is 1. The Morgan fingerprint density at radius 3 is 2.61 bits per heavy atom. The van der Waals surface area contributed by atoms with Gasteiger partial charge in [-0.3, -0.25) is 0 Å². The number of hydrogen-bond acceptors (Lipinski definition) is 3. The number of carbonyl (C=O) groups excluding carboxylic acids is 1. The summed E-state index contributed by atoms with van der Waals surface area (Å²) in [6, 6.07) is 5.40. The van der Waals surface area contributed by atoms with Crippen molar-refractivity contribution in [3.05, 3.63) is 24.3 Å².